The van der Waals surface area contributed by atoms with Crippen LogP contribution in [0, 0.1) is 6.92 Å². The van der Waals surface area contributed by atoms with E-state index in [-0.39, 0.29) is 36.1 Å². The van der Waals surface area contributed by atoms with E-state index in [1.807, 2.05) is 27.7 Å². The van der Waals surface area contributed by atoms with Gasteiger partial charge < -0.3 is 24.8 Å². The molecule has 1 aliphatic rings. The number of alkyl carbamates (subject to hydrolysis) is 1. The number of hydrogen-bond acceptors (Lipinski definition) is 6. The minimum Gasteiger partial charge on any atom is -0.444 e. The van der Waals surface area contributed by atoms with Crippen LogP contribution in [0.2, 0.25) is 0 Å². The van der Waals surface area contributed by atoms with Crippen LogP contribution in [-0.4, -0.2) is 64.9 Å². The average Bonchev–Trinajstić information content (AvgIpc) is 3.13. The Bertz CT molecular complexity index is 628. The van der Waals surface area contributed by atoms with Crippen molar-refractivity contribution < 1.29 is 14.1 Å². The summed E-state index contributed by atoms with van der Waals surface area (Å²) in [6.07, 6.45) is 1.08. The largest absolute Gasteiger partial charge is 0.444 e. The van der Waals surface area contributed by atoms with Crippen LogP contribution in [0.4, 0.5) is 4.79 Å². The second kappa shape index (κ2) is 10.7. The number of nitrogens with one attached hydrogen (secondary N) is 2. The van der Waals surface area contributed by atoms with Gasteiger partial charge in [-0.3, -0.25) is 4.99 Å². The first-order valence-electron chi connectivity index (χ1n) is 9.09. The first-order valence-corrected chi connectivity index (χ1v) is 9.09. The van der Waals surface area contributed by atoms with Crippen molar-refractivity contribution in [3.63, 3.8) is 0 Å². The minimum absolute atomic E-state index is 0. The van der Waals surface area contributed by atoms with Crippen LogP contribution < -0.4 is 10.6 Å². The number of amides is 1. The molecule has 9 nitrogen and oxygen atoms in total. The number of hydrogen-bond donors (Lipinski definition) is 2. The molecule has 2 N–H and O–H groups in total. The molecule has 1 aromatic heterocycles. The molecule has 0 spiro atoms. The van der Waals surface area contributed by atoms with Crippen molar-refractivity contribution in [3.05, 3.63) is 11.7 Å². The lowest BCUT2D eigenvalue weighted by Gasteiger charge is -2.23. The molecule has 1 saturated heterocycles. The van der Waals surface area contributed by atoms with E-state index in [2.05, 4.69) is 30.7 Å². The lowest BCUT2D eigenvalue weighted by atomic mass is 10.2. The van der Waals surface area contributed by atoms with Crippen molar-refractivity contribution in [2.75, 3.05) is 26.2 Å². The fourth-order valence-electron chi connectivity index (χ4n) is 2.67. The van der Waals surface area contributed by atoms with Crippen LogP contribution in [0.5, 0.6) is 0 Å². The summed E-state index contributed by atoms with van der Waals surface area (Å²) < 4.78 is 10.4. The van der Waals surface area contributed by atoms with Crippen LogP contribution in [-0.2, 0) is 11.2 Å². The smallest absolute Gasteiger partial charge is 0.407 e. The van der Waals surface area contributed by atoms with E-state index in [0.29, 0.717) is 31.2 Å². The maximum Gasteiger partial charge on any atom is 0.407 e. The molecule has 154 valence electrons. The summed E-state index contributed by atoms with van der Waals surface area (Å²) in [5, 5.41) is 10.00. The van der Waals surface area contributed by atoms with Crippen molar-refractivity contribution in [2.45, 2.75) is 59.1 Å². The third kappa shape index (κ3) is 8.31. The first-order chi connectivity index (χ1) is 12.3. The number of ether oxygens (including phenoxy) is 1. The Morgan fingerprint density at radius 3 is 2.78 bits per heavy atom. The highest BCUT2D eigenvalue weighted by Crippen LogP contribution is 2.12. The number of guanidine groups is 1. The van der Waals surface area contributed by atoms with Gasteiger partial charge in [0.25, 0.3) is 0 Å². The Morgan fingerprint density at radius 1 is 1.44 bits per heavy atom. The summed E-state index contributed by atoms with van der Waals surface area (Å²) in [6, 6.07) is 0.0484. The number of rotatable bonds is 5. The van der Waals surface area contributed by atoms with E-state index in [1.165, 1.54) is 0 Å². The zero-order valence-electron chi connectivity index (χ0n) is 16.7. The molecule has 1 unspecified atom stereocenters. The molecule has 1 amide bonds. The van der Waals surface area contributed by atoms with Gasteiger partial charge in [0.05, 0.1) is 12.6 Å². The molecule has 1 aromatic rings. The van der Waals surface area contributed by atoms with Crippen LogP contribution >= 0.6 is 24.0 Å². The lowest BCUT2D eigenvalue weighted by molar-refractivity contribution is 0.0507. The van der Waals surface area contributed by atoms with Gasteiger partial charge in [0.15, 0.2) is 11.8 Å². The van der Waals surface area contributed by atoms with E-state index < -0.39 is 5.60 Å². The number of nitrogens with zero attached hydrogens (tertiary/aromatic N) is 4. The van der Waals surface area contributed by atoms with Gasteiger partial charge in [0, 0.05) is 26.1 Å². The standard InChI is InChI=1S/C17H30N6O3.HI/c1-6-18-15(19-9-7-14-20-12(2)22-26-14)23-10-8-13(11-23)21-16(24)25-17(3,4)5;/h13H,6-11H2,1-5H3,(H,18,19)(H,21,24);1H. The second-order valence-corrected chi connectivity index (χ2v) is 7.30. The molecule has 0 radical (unpaired) electrons. The Morgan fingerprint density at radius 2 is 2.19 bits per heavy atom. The number of carbonyl (C=O) groups excluding carboxylic acids is 1. The van der Waals surface area contributed by atoms with E-state index >= 15 is 0 Å². The molecule has 0 aromatic carbocycles. The Balaban J connectivity index is 0.00000364. The van der Waals surface area contributed by atoms with Gasteiger partial charge >= 0.3 is 6.09 Å². The van der Waals surface area contributed by atoms with Crippen LogP contribution in [0.15, 0.2) is 9.52 Å². The summed E-state index contributed by atoms with van der Waals surface area (Å²) in [6.45, 7) is 12.3. The van der Waals surface area contributed by atoms with Gasteiger partial charge in [0.1, 0.15) is 5.60 Å². The van der Waals surface area contributed by atoms with Gasteiger partial charge in [0.2, 0.25) is 5.89 Å². The molecule has 1 atom stereocenters. The van der Waals surface area contributed by atoms with E-state index in [1.54, 1.807) is 6.92 Å². The quantitative estimate of drug-likeness (QED) is 0.367. The van der Waals surface area contributed by atoms with E-state index in [9.17, 15) is 4.79 Å². The topological polar surface area (TPSA) is 105 Å². The SMILES string of the molecule is CCNC(=NCCc1nc(C)no1)N1CCC(NC(=O)OC(C)(C)C)C1.I. The molecule has 10 heteroatoms. The number of carbonyl (C=O) groups is 1. The van der Waals surface area contributed by atoms with Crippen LogP contribution in [0.3, 0.4) is 0 Å². The zero-order chi connectivity index (χ0) is 19.2. The fraction of sp³-hybridized carbons (Fsp3) is 0.765. The number of halogens is 1. The molecule has 0 aliphatic carbocycles. The summed E-state index contributed by atoms with van der Waals surface area (Å²) in [7, 11) is 0. The summed E-state index contributed by atoms with van der Waals surface area (Å²) in [4.78, 5) is 22.9. The van der Waals surface area contributed by atoms with E-state index in [0.717, 1.165) is 25.5 Å². The van der Waals surface area contributed by atoms with Gasteiger partial charge in [-0.1, -0.05) is 5.16 Å². The molecule has 2 heterocycles. The average molecular weight is 494 g/mol. The molecule has 0 bridgehead atoms. The van der Waals surface area contributed by atoms with Crippen molar-refractivity contribution in [2.24, 2.45) is 4.99 Å². The number of aliphatic imine (C=N–C) groups is 1. The van der Waals surface area contributed by atoms with Crippen molar-refractivity contribution in [1.29, 1.82) is 0 Å². The first kappa shape index (κ1) is 23.4. The Labute approximate surface area is 177 Å². The van der Waals surface area contributed by atoms with Gasteiger partial charge in [-0.05, 0) is 41.0 Å². The number of likely N-dealkylation sites (tertiary alicyclic amines) is 1. The molecule has 27 heavy (non-hydrogen) atoms. The van der Waals surface area contributed by atoms with Crippen LogP contribution in [0.25, 0.3) is 0 Å². The van der Waals surface area contributed by atoms with Crippen molar-refractivity contribution in [3.8, 4) is 0 Å². The predicted octanol–water partition coefficient (Wildman–Crippen LogP) is 2.10. The van der Waals surface area contributed by atoms with Crippen molar-refractivity contribution >= 4 is 36.0 Å². The maximum atomic E-state index is 11.9. The molecule has 1 aliphatic heterocycles. The third-order valence-electron chi connectivity index (χ3n) is 3.70. The maximum absolute atomic E-state index is 11.9. The highest BCUT2D eigenvalue weighted by molar-refractivity contribution is 14.0. The number of aromatic nitrogens is 2. The van der Waals surface area contributed by atoms with E-state index in [4.69, 9.17) is 9.26 Å². The lowest BCUT2D eigenvalue weighted by Crippen LogP contribution is -2.44. The predicted molar refractivity (Wildman–Crippen MR) is 113 cm³/mol. The molecule has 0 saturated carbocycles. The summed E-state index contributed by atoms with van der Waals surface area (Å²) in [5.41, 5.74) is -0.494. The highest BCUT2D eigenvalue weighted by atomic mass is 127. The summed E-state index contributed by atoms with van der Waals surface area (Å²) in [5.74, 6) is 2.05. The highest BCUT2D eigenvalue weighted by Gasteiger charge is 2.27. The normalized spacial score (nSPS) is 17.4. The molecule has 1 fully saturated rings. The third-order valence-corrected chi connectivity index (χ3v) is 3.70. The van der Waals surface area contributed by atoms with Crippen molar-refractivity contribution in [1.82, 2.24) is 25.7 Å². The Kier molecular flexibility index (Phi) is 9.27. The van der Waals surface area contributed by atoms with Crippen LogP contribution in [0.1, 0.15) is 45.8 Å². The van der Waals surface area contributed by atoms with Gasteiger partial charge in [-0.15, -0.1) is 24.0 Å². The molecular weight excluding hydrogens is 463 g/mol. The van der Waals surface area contributed by atoms with Gasteiger partial charge in [-0.25, -0.2) is 4.79 Å². The van der Waals surface area contributed by atoms with Gasteiger partial charge in [-0.2, -0.15) is 4.98 Å². The minimum atomic E-state index is -0.494. The second-order valence-electron chi connectivity index (χ2n) is 7.30. The molecule has 2 rings (SSSR count). The summed E-state index contributed by atoms with van der Waals surface area (Å²) >= 11 is 0. The molecular formula is C17H31IN6O3. The Hall–Kier alpha value is -1.59. The monoisotopic (exact) mass is 494 g/mol. The number of aryl methyl sites for hydroxylation is 1. The zero-order valence-corrected chi connectivity index (χ0v) is 19.1. The fourth-order valence-corrected chi connectivity index (χ4v) is 2.67.